The second-order valence-corrected chi connectivity index (χ2v) is 6.84. The molecule has 2 aromatic rings. The average molecular weight is 356 g/mol. The molecule has 1 fully saturated rings. The Morgan fingerprint density at radius 1 is 1.35 bits per heavy atom. The van der Waals surface area contributed by atoms with E-state index >= 15 is 0 Å². The van der Waals surface area contributed by atoms with Gasteiger partial charge in [0.1, 0.15) is 11.8 Å². The minimum atomic E-state index is -0.103. The van der Waals surface area contributed by atoms with Gasteiger partial charge in [-0.25, -0.2) is 4.98 Å². The zero-order valence-corrected chi connectivity index (χ0v) is 15.2. The molecular formula is C19H24N4O3. The predicted molar refractivity (Wildman–Crippen MR) is 96.7 cm³/mol. The first-order valence-corrected chi connectivity index (χ1v) is 9.26. The molecule has 1 atom stereocenters. The van der Waals surface area contributed by atoms with E-state index in [1.54, 1.807) is 11.1 Å². The molecule has 1 saturated heterocycles. The Morgan fingerprint density at radius 2 is 2.15 bits per heavy atom. The van der Waals surface area contributed by atoms with Crippen molar-refractivity contribution in [2.75, 3.05) is 24.7 Å². The summed E-state index contributed by atoms with van der Waals surface area (Å²) in [5.41, 5.74) is 2.30. The van der Waals surface area contributed by atoms with Gasteiger partial charge in [0.2, 0.25) is 5.88 Å². The number of anilines is 1. The molecule has 0 bridgehead atoms. The molecule has 4 rings (SSSR count). The molecule has 2 aliphatic heterocycles. The van der Waals surface area contributed by atoms with Crippen molar-refractivity contribution in [3.8, 4) is 5.88 Å². The van der Waals surface area contributed by atoms with Crippen molar-refractivity contribution in [1.82, 2.24) is 14.8 Å². The van der Waals surface area contributed by atoms with E-state index in [1.165, 1.54) is 0 Å². The lowest BCUT2D eigenvalue weighted by Crippen LogP contribution is -2.43. The lowest BCUT2D eigenvalue weighted by Gasteiger charge is -2.32. The Bertz CT molecular complexity index is 798. The molecule has 7 heteroatoms. The van der Waals surface area contributed by atoms with E-state index in [4.69, 9.17) is 14.6 Å². The summed E-state index contributed by atoms with van der Waals surface area (Å²) in [5, 5.41) is 4.71. The summed E-state index contributed by atoms with van der Waals surface area (Å²) in [4.78, 5) is 19.5. The van der Waals surface area contributed by atoms with Crippen LogP contribution in [0.5, 0.6) is 5.88 Å². The summed E-state index contributed by atoms with van der Waals surface area (Å²) >= 11 is 0. The van der Waals surface area contributed by atoms with Crippen molar-refractivity contribution < 1.29 is 14.3 Å². The van der Waals surface area contributed by atoms with Crippen LogP contribution in [0, 0.1) is 0 Å². The van der Waals surface area contributed by atoms with Gasteiger partial charge in [0.25, 0.3) is 5.91 Å². The summed E-state index contributed by atoms with van der Waals surface area (Å²) in [5.74, 6) is 0.744. The highest BCUT2D eigenvalue weighted by Gasteiger charge is 2.33. The van der Waals surface area contributed by atoms with Gasteiger partial charge in [-0.15, -0.1) is 0 Å². The third-order valence-electron chi connectivity index (χ3n) is 4.99. The number of aryl methyl sites for hydroxylation is 1. The number of hydrogen-bond donors (Lipinski definition) is 0. The maximum atomic E-state index is 13.5. The minimum Gasteiger partial charge on any atom is -0.471 e. The number of ether oxygens (including phenoxy) is 2. The van der Waals surface area contributed by atoms with Gasteiger partial charge in [-0.1, -0.05) is 0 Å². The van der Waals surface area contributed by atoms with E-state index in [9.17, 15) is 4.79 Å². The van der Waals surface area contributed by atoms with Gasteiger partial charge >= 0.3 is 0 Å². The Labute approximate surface area is 152 Å². The number of aromatic nitrogens is 3. The molecule has 0 radical (unpaired) electrons. The highest BCUT2D eigenvalue weighted by atomic mass is 16.5. The average Bonchev–Trinajstić information content (AvgIpc) is 3.12. The van der Waals surface area contributed by atoms with Crippen LogP contribution in [0.1, 0.15) is 48.7 Å². The Balaban J connectivity index is 1.71. The normalized spacial score (nSPS) is 20.5. The third kappa shape index (κ3) is 3.07. The SMILES string of the molecule is CCn1cc(C(=O)N2CC(C)Oc3ncccc32)c(C2CCOCC2)n1. The number of pyridine rings is 1. The summed E-state index contributed by atoms with van der Waals surface area (Å²) < 4.78 is 13.1. The van der Waals surface area contributed by atoms with Crippen molar-refractivity contribution in [3.05, 3.63) is 35.8 Å². The van der Waals surface area contributed by atoms with Gasteiger partial charge in [0.05, 0.1) is 17.8 Å². The molecule has 4 heterocycles. The van der Waals surface area contributed by atoms with Crippen molar-refractivity contribution in [2.45, 2.75) is 45.3 Å². The second kappa shape index (κ2) is 7.07. The fourth-order valence-corrected chi connectivity index (χ4v) is 3.64. The van der Waals surface area contributed by atoms with Crippen molar-refractivity contribution in [3.63, 3.8) is 0 Å². The van der Waals surface area contributed by atoms with Crippen molar-refractivity contribution in [1.29, 1.82) is 0 Å². The van der Waals surface area contributed by atoms with Gasteiger partial charge in [0.15, 0.2) is 0 Å². The number of carbonyl (C=O) groups is 1. The lowest BCUT2D eigenvalue weighted by molar-refractivity contribution is 0.0833. The molecule has 0 N–H and O–H groups in total. The zero-order valence-electron chi connectivity index (χ0n) is 15.2. The van der Waals surface area contributed by atoms with Crippen LogP contribution >= 0.6 is 0 Å². The molecule has 2 aliphatic rings. The van der Waals surface area contributed by atoms with Gasteiger partial charge in [0, 0.05) is 38.1 Å². The number of rotatable bonds is 3. The van der Waals surface area contributed by atoms with E-state index < -0.39 is 0 Å². The van der Waals surface area contributed by atoms with Gasteiger partial charge in [-0.2, -0.15) is 5.10 Å². The van der Waals surface area contributed by atoms with Crippen LogP contribution in [0.3, 0.4) is 0 Å². The molecule has 0 aliphatic carbocycles. The van der Waals surface area contributed by atoms with E-state index in [1.807, 2.05) is 36.9 Å². The van der Waals surface area contributed by atoms with Crippen molar-refractivity contribution in [2.24, 2.45) is 0 Å². The zero-order chi connectivity index (χ0) is 18.1. The Morgan fingerprint density at radius 3 is 2.92 bits per heavy atom. The highest BCUT2D eigenvalue weighted by Crippen LogP contribution is 2.34. The van der Waals surface area contributed by atoms with Crippen LogP contribution in [0.4, 0.5) is 5.69 Å². The van der Waals surface area contributed by atoms with E-state index in [0.717, 1.165) is 44.0 Å². The maximum Gasteiger partial charge on any atom is 0.262 e. The predicted octanol–water partition coefficient (Wildman–Crippen LogP) is 2.62. The van der Waals surface area contributed by atoms with E-state index in [0.29, 0.717) is 18.0 Å². The number of nitrogens with zero attached hydrogens (tertiary/aromatic N) is 4. The van der Waals surface area contributed by atoms with Crippen LogP contribution in [0.25, 0.3) is 0 Å². The van der Waals surface area contributed by atoms with E-state index in [-0.39, 0.29) is 17.9 Å². The maximum absolute atomic E-state index is 13.5. The molecule has 138 valence electrons. The summed E-state index contributed by atoms with van der Waals surface area (Å²) in [6.07, 6.45) is 5.26. The topological polar surface area (TPSA) is 69.5 Å². The Kier molecular flexibility index (Phi) is 4.63. The van der Waals surface area contributed by atoms with Crippen LogP contribution in [-0.2, 0) is 11.3 Å². The fourth-order valence-electron chi connectivity index (χ4n) is 3.64. The van der Waals surface area contributed by atoms with Gasteiger partial charge in [-0.05, 0) is 38.8 Å². The summed E-state index contributed by atoms with van der Waals surface area (Å²) in [7, 11) is 0. The number of fused-ring (bicyclic) bond motifs is 1. The highest BCUT2D eigenvalue weighted by molar-refractivity contribution is 6.07. The minimum absolute atomic E-state index is 0.0319. The molecular weight excluding hydrogens is 332 g/mol. The van der Waals surface area contributed by atoms with Crippen LogP contribution in [-0.4, -0.2) is 46.5 Å². The number of hydrogen-bond acceptors (Lipinski definition) is 5. The third-order valence-corrected chi connectivity index (χ3v) is 4.99. The van der Waals surface area contributed by atoms with Gasteiger partial charge in [-0.3, -0.25) is 14.4 Å². The quantitative estimate of drug-likeness (QED) is 0.845. The fraction of sp³-hybridized carbons (Fsp3) is 0.526. The largest absolute Gasteiger partial charge is 0.471 e. The molecule has 7 nitrogen and oxygen atoms in total. The molecule has 1 amide bonds. The Hall–Kier alpha value is -2.41. The lowest BCUT2D eigenvalue weighted by atomic mass is 9.93. The van der Waals surface area contributed by atoms with Gasteiger partial charge < -0.3 is 9.47 Å². The van der Waals surface area contributed by atoms with E-state index in [2.05, 4.69) is 4.98 Å². The first kappa shape index (κ1) is 17.0. The smallest absolute Gasteiger partial charge is 0.262 e. The second-order valence-electron chi connectivity index (χ2n) is 6.84. The van der Waals surface area contributed by atoms with Crippen LogP contribution < -0.4 is 9.64 Å². The summed E-state index contributed by atoms with van der Waals surface area (Å²) in [6.45, 7) is 6.66. The monoisotopic (exact) mass is 356 g/mol. The number of carbonyl (C=O) groups excluding carboxylic acids is 1. The molecule has 0 saturated carbocycles. The number of amides is 1. The molecule has 0 spiro atoms. The summed E-state index contributed by atoms with van der Waals surface area (Å²) in [6, 6.07) is 3.71. The van der Waals surface area contributed by atoms with Crippen LogP contribution in [0.15, 0.2) is 24.5 Å². The molecule has 0 aromatic carbocycles. The molecule has 26 heavy (non-hydrogen) atoms. The molecule has 1 unspecified atom stereocenters. The first-order valence-electron chi connectivity index (χ1n) is 9.26. The van der Waals surface area contributed by atoms with Crippen LogP contribution in [0.2, 0.25) is 0 Å². The van der Waals surface area contributed by atoms with Crippen molar-refractivity contribution >= 4 is 11.6 Å². The standard InChI is InChI=1S/C19H24N4O3/c1-3-22-12-15(17(21-22)14-6-9-25-10-7-14)19(24)23-11-13(2)26-18-16(23)5-4-8-20-18/h4-5,8,12-14H,3,6-7,9-11H2,1-2H3. The first-order chi connectivity index (χ1) is 12.7. The molecule has 2 aromatic heterocycles.